The van der Waals surface area contributed by atoms with E-state index in [-0.39, 0.29) is 0 Å². The van der Waals surface area contributed by atoms with Gasteiger partial charge in [0.15, 0.2) is 0 Å². The third kappa shape index (κ3) is 3.13. The van der Waals surface area contributed by atoms with E-state index in [0.29, 0.717) is 5.92 Å². The maximum atomic E-state index is 6.63. The number of fused-ring (bicyclic) bond motifs is 1. The summed E-state index contributed by atoms with van der Waals surface area (Å²) in [5.74, 6) is 2.62. The van der Waals surface area contributed by atoms with Crippen LogP contribution in [-0.4, -0.2) is 35.7 Å². The quantitative estimate of drug-likeness (QED) is 0.655. The molecule has 5 rings (SSSR count). The van der Waals surface area contributed by atoms with Crippen LogP contribution >= 0.6 is 35.0 Å². The Labute approximate surface area is 169 Å². The zero-order valence-corrected chi connectivity index (χ0v) is 17.0. The minimum absolute atomic E-state index is 0.331. The molecule has 0 unspecified atom stereocenters. The van der Waals surface area contributed by atoms with Gasteiger partial charge in [-0.15, -0.1) is 11.8 Å². The highest BCUT2D eigenvalue weighted by atomic mass is 35.5. The van der Waals surface area contributed by atoms with Crippen molar-refractivity contribution in [2.75, 3.05) is 29.6 Å². The number of nitrogens with zero attached hydrogens (tertiary/aromatic N) is 2. The average Bonchev–Trinajstić information content (AvgIpc) is 3.35. The van der Waals surface area contributed by atoms with E-state index < -0.39 is 0 Å². The monoisotopic (exact) mass is 404 g/mol. The van der Waals surface area contributed by atoms with Crippen LogP contribution in [0.15, 0.2) is 36.4 Å². The minimum atomic E-state index is 0.331. The van der Waals surface area contributed by atoms with Crippen LogP contribution in [0.25, 0.3) is 0 Å². The van der Waals surface area contributed by atoms with Crippen LogP contribution < -0.4 is 4.90 Å². The van der Waals surface area contributed by atoms with E-state index in [9.17, 15) is 0 Å². The third-order valence-electron chi connectivity index (χ3n) is 5.82. The first-order chi connectivity index (χ1) is 12.7. The SMILES string of the molecule is Clc1cc(Cl)c2c(c1)[C@H](c1ccccc1N1CCSC1)CN(C1CC1)C2. The first-order valence-corrected chi connectivity index (χ1v) is 11.3. The summed E-state index contributed by atoms with van der Waals surface area (Å²) in [6, 6.07) is 13.7. The third-order valence-corrected chi connectivity index (χ3v) is 7.34. The maximum absolute atomic E-state index is 6.63. The Bertz CT molecular complexity index is 831. The molecule has 2 aromatic carbocycles. The second-order valence-corrected chi connectivity index (χ2v) is 9.45. The van der Waals surface area contributed by atoms with Crippen LogP contribution in [0.4, 0.5) is 5.69 Å². The van der Waals surface area contributed by atoms with Crippen LogP contribution in [0.1, 0.15) is 35.4 Å². The summed E-state index contributed by atoms with van der Waals surface area (Å²) in [7, 11) is 0. The highest BCUT2D eigenvalue weighted by Gasteiger charge is 2.37. The average molecular weight is 405 g/mol. The molecule has 1 aliphatic carbocycles. The van der Waals surface area contributed by atoms with Crippen molar-refractivity contribution < 1.29 is 0 Å². The lowest BCUT2D eigenvalue weighted by atomic mass is 9.83. The second kappa shape index (κ2) is 6.94. The Hall–Kier alpha value is -0.870. The predicted octanol–water partition coefficient (Wildman–Crippen LogP) is 5.61. The van der Waals surface area contributed by atoms with Crippen molar-refractivity contribution in [3.8, 4) is 0 Å². The van der Waals surface area contributed by atoms with E-state index in [4.69, 9.17) is 23.2 Å². The van der Waals surface area contributed by atoms with Gasteiger partial charge in [0.25, 0.3) is 0 Å². The molecule has 5 heteroatoms. The highest BCUT2D eigenvalue weighted by Crippen LogP contribution is 2.44. The second-order valence-electron chi connectivity index (χ2n) is 7.53. The van der Waals surface area contributed by atoms with E-state index in [2.05, 4.69) is 40.1 Å². The smallest absolute Gasteiger partial charge is 0.0640 e. The molecule has 1 saturated carbocycles. The van der Waals surface area contributed by atoms with E-state index in [0.717, 1.165) is 41.6 Å². The van der Waals surface area contributed by atoms with Gasteiger partial charge in [0.2, 0.25) is 0 Å². The van der Waals surface area contributed by atoms with Gasteiger partial charge in [-0.1, -0.05) is 41.4 Å². The van der Waals surface area contributed by atoms with Crippen molar-refractivity contribution in [3.63, 3.8) is 0 Å². The fourth-order valence-corrected chi connectivity index (χ4v) is 5.90. The van der Waals surface area contributed by atoms with Crippen molar-refractivity contribution >= 4 is 40.7 Å². The molecule has 2 aromatic rings. The van der Waals surface area contributed by atoms with Crippen molar-refractivity contribution in [3.05, 3.63) is 63.1 Å². The topological polar surface area (TPSA) is 6.48 Å². The van der Waals surface area contributed by atoms with Crippen molar-refractivity contribution in [2.24, 2.45) is 0 Å². The van der Waals surface area contributed by atoms with Gasteiger partial charge in [0.1, 0.15) is 0 Å². The predicted molar refractivity (Wildman–Crippen MR) is 113 cm³/mol. The van der Waals surface area contributed by atoms with Crippen LogP contribution in [-0.2, 0) is 6.54 Å². The Kier molecular flexibility index (Phi) is 4.60. The van der Waals surface area contributed by atoms with Gasteiger partial charge in [-0.25, -0.2) is 0 Å². The van der Waals surface area contributed by atoms with E-state index in [1.54, 1.807) is 0 Å². The Morgan fingerprint density at radius 2 is 1.88 bits per heavy atom. The van der Waals surface area contributed by atoms with Gasteiger partial charge in [-0.3, -0.25) is 4.90 Å². The first kappa shape index (κ1) is 17.2. The number of hydrogen-bond donors (Lipinski definition) is 0. The summed E-state index contributed by atoms with van der Waals surface area (Å²) >= 11 is 15.0. The zero-order valence-electron chi connectivity index (χ0n) is 14.6. The van der Waals surface area contributed by atoms with Crippen molar-refractivity contribution in [1.82, 2.24) is 4.90 Å². The standard InChI is InChI=1S/C21H22Cl2N2S/c22-14-9-17-18(11-25(15-5-6-15)12-19(17)20(23)10-14)16-3-1-2-4-21(16)24-7-8-26-13-24/h1-4,9-10,15,18H,5-8,11-13H2/t18-/m0/s1. The molecule has 3 aliphatic rings. The Morgan fingerprint density at radius 1 is 1.04 bits per heavy atom. The molecule has 0 radical (unpaired) electrons. The molecule has 0 bridgehead atoms. The van der Waals surface area contributed by atoms with Gasteiger partial charge < -0.3 is 4.90 Å². The van der Waals surface area contributed by atoms with Crippen LogP contribution in [0, 0.1) is 0 Å². The van der Waals surface area contributed by atoms with Gasteiger partial charge in [0, 0.05) is 53.1 Å². The molecule has 0 amide bonds. The fourth-order valence-electron chi connectivity index (χ4n) is 4.36. The lowest BCUT2D eigenvalue weighted by molar-refractivity contribution is 0.230. The van der Waals surface area contributed by atoms with Crippen LogP contribution in [0.2, 0.25) is 10.0 Å². The molecule has 136 valence electrons. The van der Waals surface area contributed by atoms with Crippen LogP contribution in [0.5, 0.6) is 0 Å². The number of para-hydroxylation sites is 1. The first-order valence-electron chi connectivity index (χ1n) is 9.34. The largest absolute Gasteiger partial charge is 0.361 e. The molecular formula is C21H22Cl2N2S. The van der Waals surface area contributed by atoms with E-state index in [1.165, 1.54) is 41.0 Å². The summed E-state index contributed by atoms with van der Waals surface area (Å²) in [5.41, 5.74) is 5.38. The molecule has 2 aliphatic heterocycles. The Balaban J connectivity index is 1.62. The molecule has 0 spiro atoms. The number of halogens is 2. The van der Waals surface area contributed by atoms with E-state index >= 15 is 0 Å². The minimum Gasteiger partial charge on any atom is -0.361 e. The molecule has 2 heterocycles. The summed E-state index contributed by atoms with van der Waals surface area (Å²) in [6.07, 6.45) is 2.63. The summed E-state index contributed by atoms with van der Waals surface area (Å²) in [5, 5.41) is 1.56. The number of rotatable bonds is 3. The van der Waals surface area contributed by atoms with Gasteiger partial charge in [-0.2, -0.15) is 0 Å². The number of hydrogen-bond acceptors (Lipinski definition) is 3. The van der Waals surface area contributed by atoms with Crippen molar-refractivity contribution in [2.45, 2.75) is 31.3 Å². The number of thioether (sulfide) groups is 1. The highest BCUT2D eigenvalue weighted by molar-refractivity contribution is 7.99. The lowest BCUT2D eigenvalue weighted by Gasteiger charge is -2.37. The number of benzene rings is 2. The van der Waals surface area contributed by atoms with Crippen LogP contribution in [0.3, 0.4) is 0 Å². The molecule has 0 aromatic heterocycles. The summed E-state index contributed by atoms with van der Waals surface area (Å²) < 4.78 is 0. The molecule has 1 saturated heterocycles. The van der Waals surface area contributed by atoms with Gasteiger partial charge in [0.05, 0.1) is 5.88 Å². The fraction of sp³-hybridized carbons (Fsp3) is 0.429. The number of anilines is 1. The van der Waals surface area contributed by atoms with Crippen molar-refractivity contribution in [1.29, 1.82) is 0 Å². The molecule has 2 nitrogen and oxygen atoms in total. The lowest BCUT2D eigenvalue weighted by Crippen LogP contribution is -2.36. The van der Waals surface area contributed by atoms with Gasteiger partial charge >= 0.3 is 0 Å². The molecule has 2 fully saturated rings. The summed E-state index contributed by atoms with van der Waals surface area (Å²) in [4.78, 5) is 5.14. The van der Waals surface area contributed by atoms with E-state index in [1.807, 2.05) is 17.8 Å². The Morgan fingerprint density at radius 3 is 2.65 bits per heavy atom. The normalized spacial score (nSPS) is 23.3. The van der Waals surface area contributed by atoms with Gasteiger partial charge in [-0.05, 0) is 47.7 Å². The zero-order chi connectivity index (χ0) is 17.7. The maximum Gasteiger partial charge on any atom is 0.0640 e. The molecular weight excluding hydrogens is 383 g/mol. The molecule has 26 heavy (non-hydrogen) atoms. The molecule has 1 atom stereocenters. The summed E-state index contributed by atoms with van der Waals surface area (Å²) in [6.45, 7) is 3.14. The molecule has 0 N–H and O–H groups in total.